The van der Waals surface area contributed by atoms with Crippen LogP contribution in [0.3, 0.4) is 0 Å². The molecule has 1 aliphatic rings. The summed E-state index contributed by atoms with van der Waals surface area (Å²) in [5.74, 6) is 0.789. The number of rotatable bonds is 8. The first-order chi connectivity index (χ1) is 9.72. The van der Waals surface area contributed by atoms with Crippen LogP contribution in [0.2, 0.25) is 0 Å². The Morgan fingerprint density at radius 3 is 2.60 bits per heavy atom. The summed E-state index contributed by atoms with van der Waals surface area (Å²) in [6.07, 6.45) is 6.07. The Morgan fingerprint density at radius 2 is 2.05 bits per heavy atom. The van der Waals surface area contributed by atoms with Crippen molar-refractivity contribution in [2.45, 2.75) is 59.9 Å². The van der Waals surface area contributed by atoms with Crippen LogP contribution in [0, 0.1) is 5.92 Å². The van der Waals surface area contributed by atoms with Crippen molar-refractivity contribution in [3.8, 4) is 0 Å². The van der Waals surface area contributed by atoms with E-state index < -0.39 is 0 Å². The molecule has 2 atom stereocenters. The molecule has 1 aliphatic heterocycles. The summed E-state index contributed by atoms with van der Waals surface area (Å²) in [4.78, 5) is 0. The first-order valence-electron chi connectivity index (χ1n) is 8.50. The molecule has 0 spiro atoms. The van der Waals surface area contributed by atoms with E-state index in [0.717, 1.165) is 38.6 Å². The van der Waals surface area contributed by atoms with Crippen LogP contribution in [-0.2, 0) is 0 Å². The normalized spacial score (nSPS) is 19.8. The second-order valence-corrected chi connectivity index (χ2v) is 5.64. The van der Waals surface area contributed by atoms with Gasteiger partial charge in [0, 0.05) is 25.7 Å². The van der Waals surface area contributed by atoms with E-state index in [2.05, 4.69) is 42.8 Å². The fourth-order valence-corrected chi connectivity index (χ4v) is 2.30. The summed E-state index contributed by atoms with van der Waals surface area (Å²) in [7, 11) is 0. The fraction of sp³-hybridized carbons (Fsp3) is 0.882. The van der Waals surface area contributed by atoms with Crippen LogP contribution in [0.25, 0.3) is 0 Å². The molecule has 0 aromatic carbocycles. The lowest BCUT2D eigenvalue weighted by Crippen LogP contribution is -2.49. The van der Waals surface area contributed by atoms with Gasteiger partial charge in [-0.2, -0.15) is 0 Å². The molecule has 0 amide bonds. The zero-order chi connectivity index (χ0) is 15.2. The van der Waals surface area contributed by atoms with Crippen molar-refractivity contribution in [2.75, 3.05) is 32.7 Å². The zero-order valence-corrected chi connectivity index (χ0v) is 14.4. The zero-order valence-electron chi connectivity index (χ0n) is 14.4. The van der Waals surface area contributed by atoms with Crippen LogP contribution in [0.4, 0.5) is 0 Å². The van der Waals surface area contributed by atoms with E-state index in [1.54, 1.807) is 0 Å². The molecule has 1 saturated heterocycles. The second-order valence-electron chi connectivity index (χ2n) is 5.64. The molecular weight excluding hydrogens is 246 g/mol. The van der Waals surface area contributed by atoms with E-state index in [4.69, 9.17) is 0 Å². The molecule has 0 radical (unpaired) electrons. The molecule has 0 aromatic rings. The highest BCUT2D eigenvalue weighted by molar-refractivity contribution is 4.94. The average Bonchev–Trinajstić information content (AvgIpc) is 2.49. The highest BCUT2D eigenvalue weighted by Crippen LogP contribution is 2.09. The Kier molecular flexibility index (Phi) is 13.3. The molecule has 1 fully saturated rings. The minimum atomic E-state index is 0.657. The average molecular weight is 284 g/mol. The van der Waals surface area contributed by atoms with Crippen molar-refractivity contribution in [1.29, 1.82) is 0 Å². The summed E-state index contributed by atoms with van der Waals surface area (Å²) < 4.78 is 0. The van der Waals surface area contributed by atoms with E-state index in [0.29, 0.717) is 6.04 Å². The molecule has 0 aliphatic carbocycles. The van der Waals surface area contributed by atoms with Crippen LogP contribution < -0.4 is 16.0 Å². The summed E-state index contributed by atoms with van der Waals surface area (Å²) in [5, 5.41) is 10.6. The van der Waals surface area contributed by atoms with Crippen LogP contribution >= 0.6 is 0 Å². The molecule has 3 heteroatoms. The third kappa shape index (κ3) is 10.4. The van der Waals surface area contributed by atoms with Gasteiger partial charge >= 0.3 is 0 Å². The lowest BCUT2D eigenvalue weighted by atomic mass is 10.0. The maximum Gasteiger partial charge on any atom is 0.0205 e. The van der Waals surface area contributed by atoms with Gasteiger partial charge in [-0.1, -0.05) is 38.8 Å². The lowest BCUT2D eigenvalue weighted by Gasteiger charge is -2.25. The smallest absolute Gasteiger partial charge is 0.0205 e. The first-order valence-corrected chi connectivity index (χ1v) is 8.50. The predicted molar refractivity (Wildman–Crippen MR) is 91.3 cm³/mol. The Hall–Kier alpha value is -0.380. The van der Waals surface area contributed by atoms with E-state index >= 15 is 0 Å². The molecule has 20 heavy (non-hydrogen) atoms. The highest BCUT2D eigenvalue weighted by Gasteiger charge is 2.11. The number of nitrogens with one attached hydrogen (secondary N) is 3. The first kappa shape index (κ1) is 19.6. The number of allylic oxidation sites excluding steroid dienone is 2. The Labute approximate surface area is 127 Å². The molecule has 1 rings (SSSR count). The molecule has 0 saturated carbocycles. The van der Waals surface area contributed by atoms with Crippen LogP contribution in [0.1, 0.15) is 53.9 Å². The van der Waals surface area contributed by atoms with Crippen molar-refractivity contribution < 1.29 is 0 Å². The van der Waals surface area contributed by atoms with Crippen LogP contribution in [-0.4, -0.2) is 38.8 Å². The molecule has 120 valence electrons. The Morgan fingerprint density at radius 1 is 1.30 bits per heavy atom. The topological polar surface area (TPSA) is 36.1 Å². The summed E-state index contributed by atoms with van der Waals surface area (Å²) >= 11 is 0. The third-order valence-corrected chi connectivity index (χ3v) is 3.66. The molecule has 1 heterocycles. The van der Waals surface area contributed by atoms with Crippen molar-refractivity contribution in [3.63, 3.8) is 0 Å². The van der Waals surface area contributed by atoms with E-state index in [1.165, 1.54) is 24.8 Å². The molecule has 0 bridgehead atoms. The van der Waals surface area contributed by atoms with E-state index in [-0.39, 0.29) is 0 Å². The standard InChI is InChI=1S/C15H31N3.C2H6/c1-4-14(6-5-13(2)3)11-16-8-7-15-12-17-9-10-18-15;1-2/h5,14-18H,4,6-12H2,1-3H3;1-2H3. The fourth-order valence-electron chi connectivity index (χ4n) is 2.30. The molecular formula is C17H37N3. The van der Waals surface area contributed by atoms with E-state index in [9.17, 15) is 0 Å². The van der Waals surface area contributed by atoms with Gasteiger partial charge in [0.2, 0.25) is 0 Å². The summed E-state index contributed by atoms with van der Waals surface area (Å²) in [6.45, 7) is 16.3. The van der Waals surface area contributed by atoms with Crippen molar-refractivity contribution >= 4 is 0 Å². The van der Waals surface area contributed by atoms with Gasteiger partial charge in [0.05, 0.1) is 0 Å². The minimum Gasteiger partial charge on any atom is -0.316 e. The van der Waals surface area contributed by atoms with Gasteiger partial charge in [-0.15, -0.1) is 0 Å². The van der Waals surface area contributed by atoms with Crippen molar-refractivity contribution in [3.05, 3.63) is 11.6 Å². The van der Waals surface area contributed by atoms with E-state index in [1.807, 2.05) is 13.8 Å². The van der Waals surface area contributed by atoms with Gasteiger partial charge in [-0.25, -0.2) is 0 Å². The summed E-state index contributed by atoms with van der Waals surface area (Å²) in [6, 6.07) is 0.657. The predicted octanol–water partition coefficient (Wildman–Crippen LogP) is 2.94. The molecule has 2 unspecified atom stereocenters. The largest absolute Gasteiger partial charge is 0.316 e. The molecule has 3 N–H and O–H groups in total. The van der Waals surface area contributed by atoms with Gasteiger partial charge in [-0.3, -0.25) is 0 Å². The maximum absolute atomic E-state index is 3.61. The number of piperazine rings is 1. The monoisotopic (exact) mass is 283 g/mol. The lowest BCUT2D eigenvalue weighted by molar-refractivity contribution is 0.382. The Balaban J connectivity index is 0.00000172. The maximum atomic E-state index is 3.61. The minimum absolute atomic E-state index is 0.657. The van der Waals surface area contributed by atoms with Gasteiger partial charge in [0.1, 0.15) is 0 Å². The van der Waals surface area contributed by atoms with Gasteiger partial charge < -0.3 is 16.0 Å². The van der Waals surface area contributed by atoms with Crippen molar-refractivity contribution in [2.24, 2.45) is 5.92 Å². The van der Waals surface area contributed by atoms with Crippen molar-refractivity contribution in [1.82, 2.24) is 16.0 Å². The Bertz CT molecular complexity index is 228. The molecule has 3 nitrogen and oxygen atoms in total. The number of hydrogen-bond donors (Lipinski definition) is 3. The molecule has 0 aromatic heterocycles. The third-order valence-electron chi connectivity index (χ3n) is 3.66. The van der Waals surface area contributed by atoms with Gasteiger partial charge in [0.15, 0.2) is 0 Å². The highest BCUT2D eigenvalue weighted by atomic mass is 15.1. The van der Waals surface area contributed by atoms with Crippen LogP contribution in [0.15, 0.2) is 11.6 Å². The van der Waals surface area contributed by atoms with Gasteiger partial charge in [-0.05, 0) is 45.7 Å². The summed E-state index contributed by atoms with van der Waals surface area (Å²) in [5.41, 5.74) is 1.44. The SMILES string of the molecule is CC.CCC(CC=C(C)C)CNCCC1CNCCN1. The number of hydrogen-bond acceptors (Lipinski definition) is 3. The quantitative estimate of drug-likeness (QED) is 0.473. The second kappa shape index (κ2) is 13.6. The van der Waals surface area contributed by atoms with Gasteiger partial charge in [0.25, 0.3) is 0 Å². The van der Waals surface area contributed by atoms with Crippen LogP contribution in [0.5, 0.6) is 0 Å².